The Morgan fingerprint density at radius 2 is 2.27 bits per heavy atom. The average molecular weight is 420 g/mol. The average Bonchev–Trinajstić information content (AvgIpc) is 3.01. The lowest BCUT2D eigenvalue weighted by Gasteiger charge is -2.35. The van der Waals surface area contributed by atoms with Crippen LogP contribution in [0.2, 0.25) is 0 Å². The van der Waals surface area contributed by atoms with Gasteiger partial charge in [0.05, 0.1) is 12.8 Å². The Kier molecular flexibility index (Phi) is 8.85. The van der Waals surface area contributed by atoms with E-state index in [1.807, 2.05) is 12.1 Å². The van der Waals surface area contributed by atoms with E-state index < -0.39 is 0 Å². The SMILES string of the molecule is CN=C(NCc1ccco1)NCC1CCCN(C(C)C)C1.I. The molecule has 2 rings (SSSR count). The summed E-state index contributed by atoms with van der Waals surface area (Å²) >= 11 is 0. The highest BCUT2D eigenvalue weighted by molar-refractivity contribution is 14.0. The van der Waals surface area contributed by atoms with E-state index in [1.165, 1.54) is 25.9 Å². The van der Waals surface area contributed by atoms with Crippen molar-refractivity contribution in [1.29, 1.82) is 0 Å². The van der Waals surface area contributed by atoms with E-state index in [-0.39, 0.29) is 24.0 Å². The van der Waals surface area contributed by atoms with E-state index in [2.05, 4.69) is 34.4 Å². The Hall–Kier alpha value is -0.760. The maximum Gasteiger partial charge on any atom is 0.191 e. The molecule has 1 aliphatic heterocycles. The predicted octanol–water partition coefficient (Wildman–Crippen LogP) is 2.68. The van der Waals surface area contributed by atoms with E-state index in [0.29, 0.717) is 18.5 Å². The van der Waals surface area contributed by atoms with Gasteiger partial charge in [-0.05, 0) is 51.3 Å². The molecule has 1 saturated heterocycles. The lowest BCUT2D eigenvalue weighted by molar-refractivity contribution is 0.141. The van der Waals surface area contributed by atoms with Gasteiger partial charge in [0.1, 0.15) is 5.76 Å². The van der Waals surface area contributed by atoms with Crippen molar-refractivity contribution in [2.45, 2.75) is 39.3 Å². The standard InChI is InChI=1S/C16H28N4O.HI/c1-13(2)20-8-4-6-14(12-20)10-18-16(17-3)19-11-15-7-5-9-21-15;/h5,7,9,13-14H,4,6,8,10-12H2,1-3H3,(H2,17,18,19);1H. The minimum atomic E-state index is 0. The topological polar surface area (TPSA) is 52.8 Å². The molecule has 0 amide bonds. The molecule has 5 nitrogen and oxygen atoms in total. The first-order chi connectivity index (χ1) is 10.2. The van der Waals surface area contributed by atoms with Crippen molar-refractivity contribution in [2.24, 2.45) is 10.9 Å². The quantitative estimate of drug-likeness (QED) is 0.437. The second kappa shape index (κ2) is 10.1. The highest BCUT2D eigenvalue weighted by Crippen LogP contribution is 2.17. The number of rotatable bonds is 5. The molecule has 1 unspecified atom stereocenters. The first kappa shape index (κ1) is 19.3. The normalized spacial score (nSPS) is 19.8. The molecule has 1 aromatic rings. The zero-order valence-electron chi connectivity index (χ0n) is 13.8. The van der Waals surface area contributed by atoms with Gasteiger partial charge in [-0.2, -0.15) is 0 Å². The molecule has 0 aliphatic carbocycles. The van der Waals surface area contributed by atoms with Gasteiger partial charge in [-0.3, -0.25) is 4.99 Å². The van der Waals surface area contributed by atoms with Crippen LogP contribution in [0.5, 0.6) is 0 Å². The van der Waals surface area contributed by atoms with E-state index in [4.69, 9.17) is 4.42 Å². The zero-order valence-corrected chi connectivity index (χ0v) is 16.2. The zero-order chi connectivity index (χ0) is 15.1. The van der Waals surface area contributed by atoms with Crippen LogP contribution in [0.4, 0.5) is 0 Å². The molecule has 0 radical (unpaired) electrons. The number of nitrogens with one attached hydrogen (secondary N) is 2. The van der Waals surface area contributed by atoms with Crippen LogP contribution < -0.4 is 10.6 Å². The van der Waals surface area contributed by atoms with Gasteiger partial charge in [0.15, 0.2) is 5.96 Å². The third kappa shape index (κ3) is 6.16. The maximum atomic E-state index is 5.31. The Labute approximate surface area is 150 Å². The molecule has 2 heterocycles. The highest BCUT2D eigenvalue weighted by Gasteiger charge is 2.21. The van der Waals surface area contributed by atoms with Crippen LogP contribution in [0.25, 0.3) is 0 Å². The molecule has 2 N–H and O–H groups in total. The number of furan rings is 1. The molecule has 1 atom stereocenters. The Morgan fingerprint density at radius 1 is 1.45 bits per heavy atom. The van der Waals surface area contributed by atoms with Crippen molar-refractivity contribution in [3.05, 3.63) is 24.2 Å². The molecular weight excluding hydrogens is 391 g/mol. The molecule has 22 heavy (non-hydrogen) atoms. The van der Waals surface area contributed by atoms with Crippen molar-refractivity contribution in [3.63, 3.8) is 0 Å². The van der Waals surface area contributed by atoms with Crippen molar-refractivity contribution in [1.82, 2.24) is 15.5 Å². The number of aliphatic imine (C=N–C) groups is 1. The predicted molar refractivity (Wildman–Crippen MR) is 102 cm³/mol. The van der Waals surface area contributed by atoms with Crippen molar-refractivity contribution in [2.75, 3.05) is 26.7 Å². The maximum absolute atomic E-state index is 5.31. The molecule has 6 heteroatoms. The first-order valence-electron chi connectivity index (χ1n) is 7.90. The first-order valence-corrected chi connectivity index (χ1v) is 7.90. The number of hydrogen-bond acceptors (Lipinski definition) is 3. The number of likely N-dealkylation sites (tertiary alicyclic amines) is 1. The molecule has 0 spiro atoms. The number of hydrogen-bond donors (Lipinski definition) is 2. The van der Waals surface area contributed by atoms with Gasteiger partial charge in [0, 0.05) is 26.2 Å². The third-order valence-electron chi connectivity index (χ3n) is 4.07. The van der Waals surface area contributed by atoms with Crippen LogP contribution >= 0.6 is 24.0 Å². The van der Waals surface area contributed by atoms with E-state index in [1.54, 1.807) is 13.3 Å². The number of halogens is 1. The van der Waals surface area contributed by atoms with E-state index in [9.17, 15) is 0 Å². The molecule has 1 aliphatic rings. The molecule has 0 aromatic carbocycles. The number of piperidine rings is 1. The fraction of sp³-hybridized carbons (Fsp3) is 0.688. The summed E-state index contributed by atoms with van der Waals surface area (Å²) in [6.45, 7) is 8.61. The van der Waals surface area contributed by atoms with Gasteiger partial charge in [0.2, 0.25) is 0 Å². The molecule has 1 aromatic heterocycles. The lowest BCUT2D eigenvalue weighted by atomic mass is 9.97. The fourth-order valence-corrected chi connectivity index (χ4v) is 2.78. The summed E-state index contributed by atoms with van der Waals surface area (Å²) in [4.78, 5) is 6.83. The summed E-state index contributed by atoms with van der Waals surface area (Å²) in [5.74, 6) is 2.46. The van der Waals surface area contributed by atoms with Crippen LogP contribution in [0.1, 0.15) is 32.4 Å². The van der Waals surface area contributed by atoms with Crippen LogP contribution in [-0.2, 0) is 6.54 Å². The molecule has 0 bridgehead atoms. The lowest BCUT2D eigenvalue weighted by Crippen LogP contribution is -2.45. The monoisotopic (exact) mass is 420 g/mol. The Balaban J connectivity index is 0.00000242. The summed E-state index contributed by atoms with van der Waals surface area (Å²) in [5.41, 5.74) is 0. The third-order valence-corrected chi connectivity index (χ3v) is 4.07. The summed E-state index contributed by atoms with van der Waals surface area (Å²) in [7, 11) is 1.80. The minimum Gasteiger partial charge on any atom is -0.467 e. The van der Waals surface area contributed by atoms with Gasteiger partial charge in [-0.25, -0.2) is 0 Å². The molecule has 0 saturated carbocycles. The minimum absolute atomic E-state index is 0. The van der Waals surface area contributed by atoms with Crippen LogP contribution in [0, 0.1) is 5.92 Å². The van der Waals surface area contributed by atoms with Gasteiger partial charge >= 0.3 is 0 Å². The smallest absolute Gasteiger partial charge is 0.191 e. The van der Waals surface area contributed by atoms with E-state index >= 15 is 0 Å². The number of nitrogens with zero attached hydrogens (tertiary/aromatic N) is 2. The second-order valence-corrected chi connectivity index (χ2v) is 5.98. The van der Waals surface area contributed by atoms with Gasteiger partial charge in [-0.15, -0.1) is 24.0 Å². The summed E-state index contributed by atoms with van der Waals surface area (Å²) in [6, 6.07) is 4.50. The van der Waals surface area contributed by atoms with Crippen molar-refractivity contribution < 1.29 is 4.42 Å². The number of guanidine groups is 1. The van der Waals surface area contributed by atoms with E-state index in [0.717, 1.165) is 18.3 Å². The van der Waals surface area contributed by atoms with Crippen LogP contribution in [-0.4, -0.2) is 43.6 Å². The highest BCUT2D eigenvalue weighted by atomic mass is 127. The fourth-order valence-electron chi connectivity index (χ4n) is 2.78. The summed E-state index contributed by atoms with van der Waals surface area (Å²) < 4.78 is 5.31. The van der Waals surface area contributed by atoms with Crippen LogP contribution in [0.3, 0.4) is 0 Å². The van der Waals surface area contributed by atoms with Gasteiger partial charge in [-0.1, -0.05) is 0 Å². The van der Waals surface area contributed by atoms with Gasteiger partial charge < -0.3 is 20.0 Å². The Morgan fingerprint density at radius 3 is 2.91 bits per heavy atom. The largest absolute Gasteiger partial charge is 0.467 e. The summed E-state index contributed by atoms with van der Waals surface area (Å²) in [6.07, 6.45) is 4.28. The summed E-state index contributed by atoms with van der Waals surface area (Å²) in [5, 5.41) is 6.71. The second-order valence-electron chi connectivity index (χ2n) is 5.98. The molecule has 1 fully saturated rings. The van der Waals surface area contributed by atoms with Crippen molar-refractivity contribution in [3.8, 4) is 0 Å². The molecule has 126 valence electrons. The molecular formula is C16H29IN4O. The van der Waals surface area contributed by atoms with Crippen LogP contribution in [0.15, 0.2) is 27.8 Å². The van der Waals surface area contributed by atoms with Crippen molar-refractivity contribution >= 4 is 29.9 Å². The Bertz CT molecular complexity index is 433. The van der Waals surface area contributed by atoms with Gasteiger partial charge in [0.25, 0.3) is 0 Å².